The van der Waals surface area contributed by atoms with E-state index < -0.39 is 32.7 Å². The first-order chi connectivity index (χ1) is 31.1. The molecule has 1 saturated carbocycles. The Morgan fingerprint density at radius 3 is 2.55 bits per heavy atom. The normalized spacial score (nSPS) is 24.4. The van der Waals surface area contributed by atoms with Crippen molar-refractivity contribution in [2.75, 3.05) is 53.1 Å². The molecule has 6 atom stereocenters. The largest absolute Gasteiger partial charge is 0.492 e. The fourth-order valence-corrected chi connectivity index (χ4v) is 11.4. The van der Waals surface area contributed by atoms with Crippen LogP contribution in [0.25, 0.3) is 10.9 Å². The third kappa shape index (κ3) is 9.30. The van der Waals surface area contributed by atoms with Gasteiger partial charge in [-0.25, -0.2) is 8.42 Å². The highest BCUT2D eigenvalue weighted by atomic mass is 32.2. The number of aliphatic hydroxyl groups excluding tert-OH is 2. The van der Waals surface area contributed by atoms with E-state index in [9.17, 15) is 20.3 Å². The number of nitro groups is 1. The molecule has 2 N–H and O–H groups in total. The Morgan fingerprint density at radius 2 is 1.81 bits per heavy atom. The number of non-ortho nitro benzene ring substituents is 1. The topological polar surface area (TPSA) is 186 Å². The van der Waals surface area contributed by atoms with E-state index in [1.165, 1.54) is 16.4 Å². The van der Waals surface area contributed by atoms with Crippen LogP contribution in [0.4, 0.5) is 5.69 Å². The first-order valence-corrected chi connectivity index (χ1v) is 23.6. The summed E-state index contributed by atoms with van der Waals surface area (Å²) in [6.45, 7) is 7.61. The fourth-order valence-electron chi connectivity index (χ4n) is 9.89. The van der Waals surface area contributed by atoms with Gasteiger partial charge in [-0.1, -0.05) is 48.3 Å². The van der Waals surface area contributed by atoms with Crippen molar-refractivity contribution < 1.29 is 42.6 Å². The molecule has 64 heavy (non-hydrogen) atoms. The molecule has 2 fully saturated rings. The Hall–Kier alpha value is -5.23. The number of nitrogens with zero attached hydrogens (tertiary/aromatic N) is 5. The van der Waals surface area contributed by atoms with Gasteiger partial charge in [0.2, 0.25) is 15.8 Å². The van der Waals surface area contributed by atoms with E-state index in [4.69, 9.17) is 24.2 Å². The number of likely N-dealkylation sites (N-methyl/N-ethyl adjacent to an activating group) is 1. The van der Waals surface area contributed by atoms with Crippen molar-refractivity contribution in [1.82, 2.24) is 14.2 Å². The van der Waals surface area contributed by atoms with Gasteiger partial charge in [0.1, 0.15) is 29.6 Å². The predicted molar refractivity (Wildman–Crippen MR) is 241 cm³/mol. The van der Waals surface area contributed by atoms with E-state index >= 15 is 8.42 Å². The highest BCUT2D eigenvalue weighted by Gasteiger charge is 2.65. The molecule has 0 spiro atoms. The van der Waals surface area contributed by atoms with E-state index in [0.29, 0.717) is 53.1 Å². The van der Waals surface area contributed by atoms with E-state index in [1.54, 1.807) is 49.7 Å². The lowest BCUT2D eigenvalue weighted by atomic mass is 9.55. The Bertz CT molecular complexity index is 2470. The fraction of sp³-hybridized carbons (Fsp3) is 0.458. The zero-order valence-electron chi connectivity index (χ0n) is 36.2. The van der Waals surface area contributed by atoms with Crippen LogP contribution in [0.15, 0.2) is 113 Å². The molecule has 6 unspecified atom stereocenters. The van der Waals surface area contributed by atoms with E-state index in [0.717, 1.165) is 56.5 Å². The van der Waals surface area contributed by atoms with Crippen LogP contribution in [0.2, 0.25) is 0 Å². The first-order valence-electron chi connectivity index (χ1n) is 22.2. The molecule has 4 aromatic rings. The quantitative estimate of drug-likeness (QED) is 0.0271. The monoisotopic (exact) mass is 895 g/mol. The van der Waals surface area contributed by atoms with Crippen molar-refractivity contribution in [2.24, 2.45) is 22.9 Å². The molecule has 3 heterocycles. The Kier molecular flexibility index (Phi) is 14.1. The SMILES string of the molecule is C=CCOC12Oc3ccc(OCCN4CC4)cc3C3C(CCCCO)C(CCCCO)C=C(C(=NOCc4ccc([N+](=O)[O-])cc4)CC1N(C)S(=O)(=O)c1cccc4cccnc14)C32. The van der Waals surface area contributed by atoms with Crippen LogP contribution in [-0.4, -0.2) is 108 Å². The zero-order valence-corrected chi connectivity index (χ0v) is 37.0. The molecule has 0 radical (unpaired) electrons. The second kappa shape index (κ2) is 19.9. The summed E-state index contributed by atoms with van der Waals surface area (Å²) >= 11 is 0. The van der Waals surface area contributed by atoms with Crippen LogP contribution in [0.5, 0.6) is 11.5 Å². The van der Waals surface area contributed by atoms with Crippen molar-refractivity contribution in [3.8, 4) is 11.5 Å². The van der Waals surface area contributed by atoms with Crippen LogP contribution in [-0.2, 0) is 26.2 Å². The molecule has 340 valence electrons. The van der Waals surface area contributed by atoms with Gasteiger partial charge in [0.05, 0.1) is 34.7 Å². The summed E-state index contributed by atoms with van der Waals surface area (Å²) in [5, 5.41) is 36.7. The summed E-state index contributed by atoms with van der Waals surface area (Å²) in [6.07, 6.45) is 9.75. The van der Waals surface area contributed by atoms with Gasteiger partial charge in [0, 0.05) is 81.5 Å². The van der Waals surface area contributed by atoms with E-state index in [-0.39, 0.29) is 61.2 Å². The molecule has 2 aliphatic heterocycles. The van der Waals surface area contributed by atoms with Crippen LogP contribution in [0, 0.1) is 27.9 Å². The van der Waals surface area contributed by atoms with E-state index in [1.807, 2.05) is 24.3 Å². The molecule has 3 aromatic carbocycles. The lowest BCUT2D eigenvalue weighted by Gasteiger charge is -2.59. The minimum atomic E-state index is -4.31. The van der Waals surface area contributed by atoms with Gasteiger partial charge >= 0.3 is 0 Å². The highest BCUT2D eigenvalue weighted by Crippen LogP contribution is 2.62. The number of aromatic nitrogens is 1. The van der Waals surface area contributed by atoms with Crippen LogP contribution < -0.4 is 9.47 Å². The Balaban J connectivity index is 1.30. The molecule has 1 saturated heterocycles. The van der Waals surface area contributed by atoms with Gasteiger partial charge in [0.15, 0.2) is 0 Å². The van der Waals surface area contributed by atoms with Crippen molar-refractivity contribution in [1.29, 1.82) is 0 Å². The highest BCUT2D eigenvalue weighted by molar-refractivity contribution is 7.89. The summed E-state index contributed by atoms with van der Waals surface area (Å²) in [5.74, 6) is -1.31. The summed E-state index contributed by atoms with van der Waals surface area (Å²) in [4.78, 5) is 23.9. The second-order valence-corrected chi connectivity index (χ2v) is 19.0. The number of allylic oxidation sites excluding steroid dienone is 1. The van der Waals surface area contributed by atoms with Gasteiger partial charge in [-0.05, 0) is 91.1 Å². The molecule has 16 heteroatoms. The van der Waals surface area contributed by atoms with Crippen molar-refractivity contribution in [2.45, 2.75) is 74.2 Å². The smallest absolute Gasteiger partial charge is 0.269 e. The lowest BCUT2D eigenvalue weighted by Crippen LogP contribution is -2.69. The molecular weight excluding hydrogens is 839 g/mol. The predicted octanol–water partition coefficient (Wildman–Crippen LogP) is 6.99. The number of unbranched alkanes of at least 4 members (excludes halogenated alkanes) is 2. The molecule has 2 aliphatic carbocycles. The van der Waals surface area contributed by atoms with Crippen molar-refractivity contribution >= 4 is 32.3 Å². The van der Waals surface area contributed by atoms with Gasteiger partial charge in [-0.3, -0.25) is 20.0 Å². The number of nitro benzene ring substituents is 1. The number of aliphatic hydroxyl groups is 2. The summed E-state index contributed by atoms with van der Waals surface area (Å²) in [5.41, 5.74) is 3.21. The molecule has 0 amide bonds. The molecule has 4 aliphatic rings. The second-order valence-electron chi connectivity index (χ2n) is 17.0. The van der Waals surface area contributed by atoms with Gasteiger partial charge < -0.3 is 29.3 Å². The van der Waals surface area contributed by atoms with Crippen molar-refractivity contribution in [3.05, 3.63) is 125 Å². The summed E-state index contributed by atoms with van der Waals surface area (Å²) < 4.78 is 52.4. The number of benzene rings is 3. The van der Waals surface area contributed by atoms with Gasteiger partial charge in [-0.15, -0.1) is 6.58 Å². The summed E-state index contributed by atoms with van der Waals surface area (Å²) in [6, 6.07) is 19.6. The molecule has 15 nitrogen and oxygen atoms in total. The molecular formula is C48H57N5O10S. The maximum absolute atomic E-state index is 15.2. The maximum atomic E-state index is 15.2. The number of fused-ring (bicyclic) bond motifs is 3. The number of oxime groups is 1. The number of hydrogen-bond acceptors (Lipinski definition) is 13. The lowest BCUT2D eigenvalue weighted by molar-refractivity contribution is -0.384. The molecule has 0 bridgehead atoms. The Labute approximate surface area is 374 Å². The number of para-hydroxylation sites is 1. The summed E-state index contributed by atoms with van der Waals surface area (Å²) in [7, 11) is -2.77. The average Bonchev–Trinajstić information content (AvgIpc) is 4.14. The number of sulfonamides is 1. The van der Waals surface area contributed by atoms with Crippen LogP contribution in [0.1, 0.15) is 62.0 Å². The Morgan fingerprint density at radius 1 is 1.05 bits per heavy atom. The number of hydrogen-bond donors (Lipinski definition) is 2. The third-order valence-corrected chi connectivity index (χ3v) is 15.0. The minimum Gasteiger partial charge on any atom is -0.492 e. The third-order valence-electron chi connectivity index (χ3n) is 13.1. The van der Waals surface area contributed by atoms with Gasteiger partial charge in [-0.2, -0.15) is 4.31 Å². The van der Waals surface area contributed by atoms with E-state index in [2.05, 4.69) is 28.6 Å². The minimum absolute atomic E-state index is 0.00261. The average molecular weight is 896 g/mol. The molecule has 8 rings (SSSR count). The number of pyridine rings is 1. The van der Waals surface area contributed by atoms with Crippen LogP contribution in [0.3, 0.4) is 0 Å². The zero-order chi connectivity index (χ0) is 44.8. The van der Waals surface area contributed by atoms with Crippen LogP contribution >= 0.6 is 0 Å². The molecule has 1 aromatic heterocycles. The van der Waals surface area contributed by atoms with Crippen molar-refractivity contribution in [3.63, 3.8) is 0 Å². The standard InChI is InChI=1S/C48H57N5O10S/c1-3-27-61-48-44(51(2)64(58,59)43-14-8-11-34-12-9-21-49-47(34)43)31-41(50-62-32-33-15-17-36(18-16-33)53(56)57)39-29-35(10-4-6-25-54)38(13-5-7-26-55)45(46(39)48)40-30-37(19-20-42(40)63-48)60-28-24-52-22-23-52/h3,8-9,11-12,14-21,29-30,35,38,44-46,54-55H,1,4-7,10,13,22-28,31-32H2,2H3. The number of ether oxygens (including phenoxy) is 3. The van der Waals surface area contributed by atoms with Gasteiger partial charge in [0.25, 0.3) is 5.69 Å². The first kappa shape index (κ1) is 45.3. The number of rotatable bonds is 22. The maximum Gasteiger partial charge on any atom is 0.269 e.